The molecule has 18 nitrogen and oxygen atoms in total. The molecule has 3 unspecified atom stereocenters. The van der Waals surface area contributed by atoms with Crippen LogP contribution in [0.1, 0.15) is 62.3 Å². The van der Waals surface area contributed by atoms with Crippen molar-refractivity contribution in [1.29, 1.82) is 0 Å². The Morgan fingerprint density at radius 2 is 1.41 bits per heavy atom. The molecular formula is C50H62N12O6. The number of hydrogen-bond acceptors (Lipinski definition) is 16. The topological polar surface area (TPSA) is 203 Å². The van der Waals surface area contributed by atoms with Crippen molar-refractivity contribution in [3.63, 3.8) is 0 Å². The van der Waals surface area contributed by atoms with E-state index in [2.05, 4.69) is 52.7 Å². The molecule has 3 atom stereocenters. The van der Waals surface area contributed by atoms with Crippen molar-refractivity contribution in [1.82, 2.24) is 49.8 Å². The predicted molar refractivity (Wildman–Crippen MR) is 260 cm³/mol. The van der Waals surface area contributed by atoms with Crippen LogP contribution in [-0.4, -0.2) is 135 Å². The van der Waals surface area contributed by atoms with Crippen molar-refractivity contribution >= 4 is 28.9 Å². The molecule has 2 aliphatic rings. The number of anilines is 3. The highest BCUT2D eigenvalue weighted by Crippen LogP contribution is 2.43. The van der Waals surface area contributed by atoms with Gasteiger partial charge in [-0.15, -0.1) is 0 Å². The second kappa shape index (κ2) is 20.4. The van der Waals surface area contributed by atoms with Gasteiger partial charge in [0.25, 0.3) is 0 Å². The fourth-order valence-electron chi connectivity index (χ4n) is 9.10. The van der Waals surface area contributed by atoms with Crippen LogP contribution in [-0.2, 0) is 11.2 Å². The van der Waals surface area contributed by atoms with Gasteiger partial charge < -0.3 is 50.0 Å². The SMILES string of the molecule is CNCC(O)COc1cc(OC)cc(-c2cc(Nc3nccc(CC(C)c4cnn5c(N6CC7(CCOCC7)C6)cc(-c6cccc(OCC(O)CNC)c6)nc45)n3)n3ncc(C(C)C)c3n2)c1. The van der Waals surface area contributed by atoms with Gasteiger partial charge in [0.1, 0.15) is 54.3 Å². The maximum Gasteiger partial charge on any atom is 0.228 e. The van der Waals surface area contributed by atoms with Crippen molar-refractivity contribution in [3.05, 3.63) is 96.1 Å². The summed E-state index contributed by atoms with van der Waals surface area (Å²) >= 11 is 0. The zero-order chi connectivity index (χ0) is 47.4. The number of nitrogens with one attached hydrogen (secondary N) is 3. The molecule has 5 N–H and O–H groups in total. The highest BCUT2D eigenvalue weighted by atomic mass is 16.5. The van der Waals surface area contributed by atoms with Crippen molar-refractivity contribution in [2.24, 2.45) is 5.41 Å². The molecule has 0 amide bonds. The molecule has 2 fully saturated rings. The zero-order valence-electron chi connectivity index (χ0n) is 39.6. The molecule has 5 aromatic heterocycles. The lowest BCUT2D eigenvalue weighted by Gasteiger charge is -2.53. The van der Waals surface area contributed by atoms with Gasteiger partial charge in [0.15, 0.2) is 11.3 Å². The van der Waals surface area contributed by atoms with Gasteiger partial charge in [-0.3, -0.25) is 0 Å². The van der Waals surface area contributed by atoms with Gasteiger partial charge in [-0.05, 0) is 75.5 Å². The lowest BCUT2D eigenvalue weighted by molar-refractivity contribution is -0.000580. The third-order valence-corrected chi connectivity index (χ3v) is 12.8. The summed E-state index contributed by atoms with van der Waals surface area (Å²) in [4.78, 5) is 22.5. The first-order chi connectivity index (χ1) is 33.0. The molecule has 1 spiro atoms. The quantitative estimate of drug-likeness (QED) is 0.0627. The molecule has 0 radical (unpaired) electrons. The first-order valence-corrected chi connectivity index (χ1v) is 23.4. The predicted octanol–water partition coefficient (Wildman–Crippen LogP) is 5.65. The number of aliphatic hydroxyl groups is 2. The summed E-state index contributed by atoms with van der Waals surface area (Å²) in [7, 11) is 5.19. The minimum atomic E-state index is -0.679. The summed E-state index contributed by atoms with van der Waals surface area (Å²) in [6.45, 7) is 11.0. The molecule has 7 heterocycles. The second-order valence-corrected chi connectivity index (χ2v) is 18.4. The van der Waals surface area contributed by atoms with E-state index in [1.807, 2.05) is 65.4 Å². The van der Waals surface area contributed by atoms with Crippen LogP contribution in [0.4, 0.5) is 17.6 Å². The van der Waals surface area contributed by atoms with Crippen molar-refractivity contribution < 1.29 is 29.2 Å². The van der Waals surface area contributed by atoms with E-state index in [1.165, 1.54) is 0 Å². The molecule has 2 aromatic carbocycles. The number of fused-ring (bicyclic) bond motifs is 2. The Morgan fingerprint density at radius 1 is 0.750 bits per heavy atom. The number of aliphatic hydroxyl groups excluding tert-OH is 2. The lowest BCUT2D eigenvalue weighted by atomic mass is 9.73. The Kier molecular flexibility index (Phi) is 14.0. The smallest absolute Gasteiger partial charge is 0.228 e. The van der Waals surface area contributed by atoms with Gasteiger partial charge in [0.05, 0.1) is 30.9 Å². The normalized spacial score (nSPS) is 16.0. The summed E-state index contributed by atoms with van der Waals surface area (Å²) in [6, 6.07) is 19.4. The number of aromatic nitrogens is 8. The third kappa shape index (κ3) is 10.2. The summed E-state index contributed by atoms with van der Waals surface area (Å²) in [5, 5.41) is 39.8. The van der Waals surface area contributed by atoms with Gasteiger partial charge in [-0.25, -0.2) is 19.9 Å². The van der Waals surface area contributed by atoms with Crippen LogP contribution in [0.15, 0.2) is 79.3 Å². The molecule has 0 bridgehead atoms. The van der Waals surface area contributed by atoms with Gasteiger partial charge in [0, 0.05) is 97.2 Å². The Balaban J connectivity index is 1.01. The average molecular weight is 927 g/mol. The van der Waals surface area contributed by atoms with Crippen LogP contribution in [0.25, 0.3) is 33.8 Å². The molecule has 2 aliphatic heterocycles. The zero-order valence-corrected chi connectivity index (χ0v) is 39.6. The Bertz CT molecular complexity index is 2840. The van der Waals surface area contributed by atoms with E-state index in [0.717, 1.165) is 84.3 Å². The van der Waals surface area contributed by atoms with Gasteiger partial charge in [0.2, 0.25) is 5.95 Å². The molecule has 358 valence electrons. The molecular weight excluding hydrogens is 865 g/mol. The Hall–Kier alpha value is -6.44. The molecule has 18 heteroatoms. The van der Waals surface area contributed by atoms with Crippen LogP contribution in [0, 0.1) is 5.41 Å². The fourth-order valence-corrected chi connectivity index (χ4v) is 9.10. The second-order valence-electron chi connectivity index (χ2n) is 18.4. The minimum absolute atomic E-state index is 0.0184. The fraction of sp³-hybridized carbons (Fsp3) is 0.440. The number of hydrogen-bond donors (Lipinski definition) is 5. The van der Waals surface area contributed by atoms with E-state index < -0.39 is 12.2 Å². The molecule has 68 heavy (non-hydrogen) atoms. The number of rotatable bonds is 20. The summed E-state index contributed by atoms with van der Waals surface area (Å²) in [5.41, 5.74) is 7.70. The Labute approximate surface area is 396 Å². The van der Waals surface area contributed by atoms with Crippen LogP contribution in [0.2, 0.25) is 0 Å². The first kappa shape index (κ1) is 46.7. The van der Waals surface area contributed by atoms with E-state index in [4.69, 9.17) is 44.1 Å². The maximum absolute atomic E-state index is 10.3. The summed E-state index contributed by atoms with van der Waals surface area (Å²) < 4.78 is 27.2. The van der Waals surface area contributed by atoms with Crippen molar-refractivity contribution in [2.75, 3.05) is 84.0 Å². The largest absolute Gasteiger partial charge is 0.497 e. The van der Waals surface area contributed by atoms with Crippen LogP contribution < -0.4 is 35.1 Å². The Morgan fingerprint density at radius 3 is 2.13 bits per heavy atom. The average Bonchev–Trinajstić information content (AvgIpc) is 3.98. The van der Waals surface area contributed by atoms with Crippen molar-refractivity contribution in [3.8, 4) is 39.8 Å². The summed E-state index contributed by atoms with van der Waals surface area (Å²) in [5.74, 6) is 3.96. The van der Waals surface area contributed by atoms with E-state index in [9.17, 15) is 10.2 Å². The number of ether oxygens (including phenoxy) is 4. The number of likely N-dealkylation sites (N-methyl/N-ethyl adjacent to an activating group) is 2. The van der Waals surface area contributed by atoms with E-state index >= 15 is 0 Å². The minimum Gasteiger partial charge on any atom is -0.497 e. The highest BCUT2D eigenvalue weighted by Gasteiger charge is 2.45. The molecule has 0 aliphatic carbocycles. The third-order valence-electron chi connectivity index (χ3n) is 12.8. The number of methoxy groups -OCH3 is 1. The van der Waals surface area contributed by atoms with Gasteiger partial charge in [-0.1, -0.05) is 32.9 Å². The molecule has 0 saturated carbocycles. The molecule has 2 saturated heterocycles. The molecule has 7 aromatic rings. The lowest BCUT2D eigenvalue weighted by Crippen LogP contribution is -2.59. The molecule has 9 rings (SSSR count). The highest BCUT2D eigenvalue weighted by molar-refractivity contribution is 5.72. The summed E-state index contributed by atoms with van der Waals surface area (Å²) in [6.07, 6.45) is 6.94. The monoisotopic (exact) mass is 926 g/mol. The van der Waals surface area contributed by atoms with Crippen molar-refractivity contribution in [2.45, 2.75) is 64.1 Å². The number of benzene rings is 2. The first-order valence-electron chi connectivity index (χ1n) is 23.4. The van der Waals surface area contributed by atoms with Crippen LogP contribution >= 0.6 is 0 Å². The van der Waals surface area contributed by atoms with Gasteiger partial charge >= 0.3 is 0 Å². The van der Waals surface area contributed by atoms with Crippen LogP contribution in [0.3, 0.4) is 0 Å². The van der Waals surface area contributed by atoms with E-state index in [1.54, 1.807) is 38.0 Å². The van der Waals surface area contributed by atoms with Gasteiger partial charge in [-0.2, -0.15) is 19.2 Å². The number of nitrogens with zero attached hydrogens (tertiary/aromatic N) is 9. The van der Waals surface area contributed by atoms with E-state index in [0.29, 0.717) is 59.9 Å². The maximum atomic E-state index is 10.3. The van der Waals surface area contributed by atoms with Crippen LogP contribution in [0.5, 0.6) is 17.2 Å². The van der Waals surface area contributed by atoms with E-state index in [-0.39, 0.29) is 30.5 Å². The standard InChI is InChI=1S/C50H62N12O6/c1-31(2)41-25-54-61-45(21-43(57-47(41)61)34-18-39(65-6)20-40(19-34)68-28-37(64)24-52-5)59-49-53-13-10-35(56-49)16-32(3)42-26-55-62-46(60-29-50(30-60)11-14-66-15-12-50)22-44(58-48(42)62)33-8-7-9-38(17-33)67-27-36(63)23-51-4/h7-10,13,17-22,25-26,31-32,36-37,51-52,63-64H,11-12,14-16,23-24,27-30H2,1-6H3,(H,53,56,59).